The number of hydrogen-bond acceptors (Lipinski definition) is 4. The number of ether oxygens (including phenoxy) is 2. The number of carbonyl (C=O) groups is 2. The van der Waals surface area contributed by atoms with Gasteiger partial charge in [0.25, 0.3) is 0 Å². The molecule has 0 atom stereocenters. The molecule has 76 valence electrons. The van der Waals surface area contributed by atoms with E-state index >= 15 is 0 Å². The van der Waals surface area contributed by atoms with Crippen molar-refractivity contribution in [1.29, 1.82) is 0 Å². The number of hydrogen-bond donors (Lipinski definition) is 0. The fraction of sp³-hybridized carbons (Fsp3) is 0.778. The minimum Gasteiger partial charge on any atom is -0.438 e. The lowest BCUT2D eigenvalue weighted by molar-refractivity contribution is -0.159. The summed E-state index contributed by atoms with van der Waals surface area (Å²) in [6, 6.07) is 0. The van der Waals surface area contributed by atoms with Gasteiger partial charge in [0, 0.05) is 6.42 Å². The van der Waals surface area contributed by atoms with E-state index in [-0.39, 0.29) is 31.5 Å². The van der Waals surface area contributed by atoms with Crippen molar-refractivity contribution in [3.05, 3.63) is 0 Å². The van der Waals surface area contributed by atoms with E-state index in [0.717, 1.165) is 0 Å². The van der Waals surface area contributed by atoms with Crippen molar-refractivity contribution in [3.8, 4) is 0 Å². The van der Waals surface area contributed by atoms with E-state index < -0.39 is 5.97 Å². The zero-order valence-corrected chi connectivity index (χ0v) is 8.33. The van der Waals surface area contributed by atoms with Gasteiger partial charge in [-0.1, -0.05) is 0 Å². The summed E-state index contributed by atoms with van der Waals surface area (Å²) in [6.07, 6.45) is 0.415. The van der Waals surface area contributed by atoms with Gasteiger partial charge < -0.3 is 14.3 Å². The van der Waals surface area contributed by atoms with Gasteiger partial charge in [-0.25, -0.2) is 0 Å². The molecule has 0 aromatic carbocycles. The van der Waals surface area contributed by atoms with E-state index in [0.29, 0.717) is 0 Å². The highest BCUT2D eigenvalue weighted by Gasteiger charge is 2.04. The zero-order valence-electron chi connectivity index (χ0n) is 8.33. The summed E-state index contributed by atoms with van der Waals surface area (Å²) >= 11 is 0. The van der Waals surface area contributed by atoms with E-state index in [9.17, 15) is 9.59 Å². The largest absolute Gasteiger partial charge is 0.438 e. The third kappa shape index (κ3) is 9.01. The number of carbonyl (C=O) groups excluding carboxylic acids is 2. The third-order valence-corrected chi connectivity index (χ3v) is 1.30. The molecule has 0 rings (SSSR count). The molecule has 0 aliphatic rings. The lowest BCUT2D eigenvalue weighted by atomic mass is 10.2. The Morgan fingerprint density at radius 3 is 2.31 bits per heavy atom. The van der Waals surface area contributed by atoms with Crippen LogP contribution in [-0.2, 0) is 19.1 Å². The van der Waals surface area contributed by atoms with Crippen LogP contribution in [0, 0.1) is 0 Å². The molecule has 0 N–H and O–H groups in total. The van der Waals surface area contributed by atoms with Gasteiger partial charge in [-0.05, 0) is 20.8 Å². The molecule has 0 heterocycles. The van der Waals surface area contributed by atoms with Crippen LogP contribution in [0.2, 0.25) is 0 Å². The molecule has 4 heteroatoms. The monoisotopic (exact) mass is 188 g/mol. The van der Waals surface area contributed by atoms with Crippen LogP contribution in [0.15, 0.2) is 0 Å². The van der Waals surface area contributed by atoms with Crippen LogP contribution < -0.4 is 0 Å². The van der Waals surface area contributed by atoms with Gasteiger partial charge in [-0.15, -0.1) is 0 Å². The van der Waals surface area contributed by atoms with Gasteiger partial charge >= 0.3 is 5.97 Å². The molecular weight excluding hydrogens is 172 g/mol. The Labute approximate surface area is 78.2 Å². The fourth-order valence-corrected chi connectivity index (χ4v) is 0.586. The van der Waals surface area contributed by atoms with Crippen LogP contribution in [0.4, 0.5) is 0 Å². The zero-order chi connectivity index (χ0) is 10.3. The first-order chi connectivity index (χ1) is 6.02. The lowest BCUT2D eigenvalue weighted by Crippen LogP contribution is -2.12. The molecule has 4 nitrogen and oxygen atoms in total. The summed E-state index contributed by atoms with van der Waals surface area (Å²) in [5.74, 6) is -0.405. The van der Waals surface area contributed by atoms with E-state index in [1.807, 2.05) is 13.8 Å². The van der Waals surface area contributed by atoms with Gasteiger partial charge in [-0.3, -0.25) is 4.79 Å². The first kappa shape index (κ1) is 12.1. The van der Waals surface area contributed by atoms with Crippen molar-refractivity contribution in [2.45, 2.75) is 39.7 Å². The molecule has 0 spiro atoms. The first-order valence-corrected chi connectivity index (χ1v) is 4.29. The highest BCUT2D eigenvalue weighted by atomic mass is 16.7. The van der Waals surface area contributed by atoms with E-state index in [2.05, 4.69) is 4.74 Å². The molecule has 0 aromatic rings. The highest BCUT2D eigenvalue weighted by Crippen LogP contribution is 1.95. The van der Waals surface area contributed by atoms with E-state index in [1.165, 1.54) is 6.92 Å². The molecule has 0 fully saturated rings. The van der Waals surface area contributed by atoms with Crippen LogP contribution in [0.1, 0.15) is 33.6 Å². The maximum absolute atomic E-state index is 10.9. The quantitative estimate of drug-likeness (QED) is 0.465. The molecule has 0 aliphatic carbocycles. The molecule has 0 aliphatic heterocycles. The maximum Gasteiger partial charge on any atom is 0.308 e. The molecule has 0 aromatic heterocycles. The minimum absolute atomic E-state index is 0.0123. The van der Waals surface area contributed by atoms with Crippen LogP contribution in [0.3, 0.4) is 0 Å². The predicted octanol–water partition coefficient (Wildman–Crippen LogP) is 1.28. The highest BCUT2D eigenvalue weighted by molar-refractivity contribution is 5.80. The molecule has 0 unspecified atom stereocenters. The smallest absolute Gasteiger partial charge is 0.308 e. The normalized spacial score (nSPS) is 10.2. The number of esters is 1. The Morgan fingerprint density at radius 2 is 1.85 bits per heavy atom. The third-order valence-electron chi connectivity index (χ3n) is 1.30. The SMILES string of the molecule is CC(=O)CCC(=O)OCOC(C)C. The van der Waals surface area contributed by atoms with Crippen LogP contribution in [-0.4, -0.2) is 24.6 Å². The molecule has 0 radical (unpaired) electrons. The summed E-state index contributed by atoms with van der Waals surface area (Å²) in [4.78, 5) is 21.4. The average Bonchev–Trinajstić information content (AvgIpc) is 2.00. The molecular formula is C9H16O4. The molecule has 0 amide bonds. The fourth-order valence-electron chi connectivity index (χ4n) is 0.586. The Balaban J connectivity index is 3.36. The van der Waals surface area contributed by atoms with Crippen molar-refractivity contribution in [2.24, 2.45) is 0 Å². The van der Waals surface area contributed by atoms with Gasteiger partial charge in [0.2, 0.25) is 0 Å². The topological polar surface area (TPSA) is 52.6 Å². The molecule has 13 heavy (non-hydrogen) atoms. The Morgan fingerprint density at radius 1 is 1.23 bits per heavy atom. The maximum atomic E-state index is 10.9. The van der Waals surface area contributed by atoms with Gasteiger partial charge in [0.1, 0.15) is 5.78 Å². The number of Topliss-reactive ketones (excluding diaryl/α,β-unsaturated/α-hetero) is 1. The van der Waals surface area contributed by atoms with Crippen molar-refractivity contribution in [2.75, 3.05) is 6.79 Å². The second-order valence-corrected chi connectivity index (χ2v) is 3.05. The summed E-state index contributed by atoms with van der Waals surface area (Å²) < 4.78 is 9.68. The van der Waals surface area contributed by atoms with Crippen molar-refractivity contribution in [3.63, 3.8) is 0 Å². The first-order valence-electron chi connectivity index (χ1n) is 4.29. The van der Waals surface area contributed by atoms with Crippen molar-refractivity contribution in [1.82, 2.24) is 0 Å². The summed E-state index contributed by atoms with van der Waals surface area (Å²) in [5.41, 5.74) is 0. The molecule has 0 saturated heterocycles. The van der Waals surface area contributed by atoms with Crippen LogP contribution in [0.5, 0.6) is 0 Å². The summed E-state index contributed by atoms with van der Waals surface area (Å²) in [6.45, 7) is 5.11. The van der Waals surface area contributed by atoms with Gasteiger partial charge in [-0.2, -0.15) is 0 Å². The number of rotatable bonds is 6. The van der Waals surface area contributed by atoms with E-state index in [4.69, 9.17) is 4.74 Å². The Kier molecular flexibility index (Phi) is 6.14. The standard InChI is InChI=1S/C9H16O4/c1-7(2)12-6-13-9(11)5-4-8(3)10/h7H,4-6H2,1-3H3. The van der Waals surface area contributed by atoms with Crippen LogP contribution in [0.25, 0.3) is 0 Å². The second kappa shape index (κ2) is 6.60. The lowest BCUT2D eigenvalue weighted by Gasteiger charge is -2.07. The predicted molar refractivity (Wildman–Crippen MR) is 47.1 cm³/mol. The van der Waals surface area contributed by atoms with Gasteiger partial charge in [0.15, 0.2) is 6.79 Å². The van der Waals surface area contributed by atoms with Crippen molar-refractivity contribution < 1.29 is 19.1 Å². The Bertz CT molecular complexity index is 174. The molecule has 0 saturated carbocycles. The second-order valence-electron chi connectivity index (χ2n) is 3.05. The Hall–Kier alpha value is -0.900. The minimum atomic E-state index is -0.393. The van der Waals surface area contributed by atoms with Crippen LogP contribution >= 0.6 is 0 Å². The van der Waals surface area contributed by atoms with Crippen molar-refractivity contribution >= 4 is 11.8 Å². The summed E-state index contributed by atoms with van der Waals surface area (Å²) in [5, 5.41) is 0. The average molecular weight is 188 g/mol. The molecule has 0 bridgehead atoms. The number of ketones is 1. The summed E-state index contributed by atoms with van der Waals surface area (Å²) in [7, 11) is 0. The van der Waals surface area contributed by atoms with E-state index in [1.54, 1.807) is 0 Å². The van der Waals surface area contributed by atoms with Gasteiger partial charge in [0.05, 0.1) is 12.5 Å².